The summed E-state index contributed by atoms with van der Waals surface area (Å²) in [4.78, 5) is 17.0. The Kier molecular flexibility index (Phi) is 5.58. The number of aromatic nitrogens is 2. The minimum absolute atomic E-state index is 0.124. The minimum atomic E-state index is 0.124. The molecule has 0 radical (unpaired) electrons. The zero-order chi connectivity index (χ0) is 20.4. The lowest BCUT2D eigenvalue weighted by Crippen LogP contribution is -2.49. The Morgan fingerprint density at radius 2 is 1.76 bits per heavy atom. The fraction of sp³-hybridized carbons (Fsp3) is 0.304. The Balaban J connectivity index is 1.45. The van der Waals surface area contributed by atoms with Crippen LogP contribution in [-0.2, 0) is 11.3 Å². The molecule has 0 unspecified atom stereocenters. The highest BCUT2D eigenvalue weighted by Gasteiger charge is 2.23. The normalized spacial score (nSPS) is 14.3. The summed E-state index contributed by atoms with van der Waals surface area (Å²) in [6.45, 7) is 7.27. The van der Waals surface area contributed by atoms with Crippen LogP contribution < -0.4 is 4.90 Å². The van der Waals surface area contributed by atoms with Crippen molar-refractivity contribution in [3.63, 3.8) is 0 Å². The molecule has 1 aliphatic rings. The van der Waals surface area contributed by atoms with Crippen molar-refractivity contribution in [3.05, 3.63) is 71.0 Å². The Bertz CT molecular complexity index is 1020. The second-order valence-corrected chi connectivity index (χ2v) is 7.92. The van der Waals surface area contributed by atoms with E-state index in [1.807, 2.05) is 49.1 Å². The molecule has 0 atom stereocenters. The third-order valence-electron chi connectivity index (χ3n) is 5.40. The molecule has 2 heterocycles. The van der Waals surface area contributed by atoms with E-state index in [9.17, 15) is 4.79 Å². The number of anilines is 1. The van der Waals surface area contributed by atoms with Crippen LogP contribution >= 0.6 is 11.6 Å². The van der Waals surface area contributed by atoms with Crippen LogP contribution in [0, 0.1) is 13.8 Å². The predicted octanol–water partition coefficient (Wildman–Crippen LogP) is 4.17. The molecule has 0 spiro atoms. The van der Waals surface area contributed by atoms with Gasteiger partial charge in [0.1, 0.15) is 6.54 Å². The van der Waals surface area contributed by atoms with E-state index in [0.717, 1.165) is 40.6 Å². The van der Waals surface area contributed by atoms with Gasteiger partial charge < -0.3 is 9.80 Å². The van der Waals surface area contributed by atoms with Crippen molar-refractivity contribution in [2.45, 2.75) is 20.4 Å². The van der Waals surface area contributed by atoms with Gasteiger partial charge in [0.15, 0.2) is 0 Å². The maximum atomic E-state index is 12.7. The third-order valence-corrected chi connectivity index (χ3v) is 5.64. The van der Waals surface area contributed by atoms with Crippen molar-refractivity contribution in [1.29, 1.82) is 0 Å². The van der Waals surface area contributed by atoms with Crippen molar-refractivity contribution < 1.29 is 4.79 Å². The number of para-hydroxylation sites is 1. The van der Waals surface area contributed by atoms with Gasteiger partial charge in [-0.25, -0.2) is 0 Å². The van der Waals surface area contributed by atoms with Gasteiger partial charge in [-0.05, 0) is 43.7 Å². The van der Waals surface area contributed by atoms with Gasteiger partial charge in [-0.2, -0.15) is 5.10 Å². The number of benzene rings is 2. The number of amides is 1. The molecular formula is C23H25ClN4O. The van der Waals surface area contributed by atoms with Crippen LogP contribution in [0.2, 0.25) is 5.02 Å². The van der Waals surface area contributed by atoms with E-state index in [-0.39, 0.29) is 5.91 Å². The summed E-state index contributed by atoms with van der Waals surface area (Å²) in [6, 6.07) is 18.3. The molecule has 1 fully saturated rings. The molecule has 29 heavy (non-hydrogen) atoms. The van der Waals surface area contributed by atoms with Gasteiger partial charge >= 0.3 is 0 Å². The van der Waals surface area contributed by atoms with Gasteiger partial charge in [0.05, 0.1) is 5.69 Å². The van der Waals surface area contributed by atoms with E-state index in [2.05, 4.69) is 34.3 Å². The lowest BCUT2D eigenvalue weighted by atomic mass is 10.0. The van der Waals surface area contributed by atoms with Gasteiger partial charge in [-0.3, -0.25) is 9.48 Å². The van der Waals surface area contributed by atoms with Crippen LogP contribution in [0.1, 0.15) is 11.4 Å². The highest BCUT2D eigenvalue weighted by atomic mass is 35.5. The molecule has 0 N–H and O–H groups in total. The van der Waals surface area contributed by atoms with Crippen LogP contribution in [0.15, 0.2) is 54.6 Å². The van der Waals surface area contributed by atoms with Crippen LogP contribution in [-0.4, -0.2) is 46.8 Å². The van der Waals surface area contributed by atoms with E-state index in [4.69, 9.17) is 11.6 Å². The topological polar surface area (TPSA) is 41.4 Å². The first-order valence-electron chi connectivity index (χ1n) is 9.90. The van der Waals surface area contributed by atoms with Crippen molar-refractivity contribution in [1.82, 2.24) is 14.7 Å². The molecule has 1 aromatic heterocycles. The zero-order valence-corrected chi connectivity index (χ0v) is 17.6. The van der Waals surface area contributed by atoms with Gasteiger partial charge in [-0.1, -0.05) is 41.9 Å². The molecular weight excluding hydrogens is 384 g/mol. The van der Waals surface area contributed by atoms with E-state index >= 15 is 0 Å². The Labute approximate surface area is 176 Å². The Morgan fingerprint density at radius 1 is 1.00 bits per heavy atom. The molecule has 150 valence electrons. The van der Waals surface area contributed by atoms with E-state index in [1.165, 1.54) is 5.69 Å². The van der Waals surface area contributed by atoms with Gasteiger partial charge in [0.25, 0.3) is 0 Å². The van der Waals surface area contributed by atoms with E-state index in [1.54, 1.807) is 4.68 Å². The molecule has 6 heteroatoms. The number of aryl methyl sites for hydroxylation is 2. The summed E-state index contributed by atoms with van der Waals surface area (Å²) in [5, 5.41) is 5.14. The van der Waals surface area contributed by atoms with E-state index < -0.39 is 0 Å². The Morgan fingerprint density at radius 3 is 2.45 bits per heavy atom. The molecule has 0 aliphatic carbocycles. The number of halogens is 1. The lowest BCUT2D eigenvalue weighted by Gasteiger charge is -2.37. The summed E-state index contributed by atoms with van der Waals surface area (Å²) >= 11 is 6.20. The molecule has 1 aliphatic heterocycles. The second-order valence-electron chi connectivity index (χ2n) is 7.48. The third kappa shape index (κ3) is 4.30. The van der Waals surface area contributed by atoms with Crippen molar-refractivity contribution in [2.75, 3.05) is 31.1 Å². The summed E-state index contributed by atoms with van der Waals surface area (Å²) in [5.41, 5.74) is 5.41. The molecule has 4 rings (SSSR count). The Hall–Kier alpha value is -2.79. The molecule has 1 amide bonds. The second kappa shape index (κ2) is 8.29. The van der Waals surface area contributed by atoms with Gasteiger partial charge in [0.2, 0.25) is 5.91 Å². The fourth-order valence-corrected chi connectivity index (χ4v) is 4.10. The average molecular weight is 409 g/mol. The number of rotatable bonds is 4. The first kappa shape index (κ1) is 19.5. The van der Waals surface area contributed by atoms with Crippen molar-refractivity contribution in [2.24, 2.45) is 0 Å². The largest absolute Gasteiger partial charge is 0.367 e. The van der Waals surface area contributed by atoms with Crippen LogP contribution in [0.4, 0.5) is 5.69 Å². The standard InChI is InChI=1S/C23H25ClN4O/c1-17-14-18(2)28(25-17)16-23(29)27-12-10-26(11-13-27)22-9-4-3-8-21(22)19-6-5-7-20(24)15-19/h3-9,14-15H,10-13,16H2,1-2H3. The number of hydrogen-bond acceptors (Lipinski definition) is 3. The summed E-state index contributed by atoms with van der Waals surface area (Å²) in [7, 11) is 0. The summed E-state index contributed by atoms with van der Waals surface area (Å²) < 4.78 is 1.79. The van der Waals surface area contributed by atoms with E-state index in [0.29, 0.717) is 19.6 Å². The SMILES string of the molecule is Cc1cc(C)n(CC(=O)N2CCN(c3ccccc3-c3cccc(Cl)c3)CC2)n1. The number of carbonyl (C=O) groups is 1. The average Bonchev–Trinajstić information content (AvgIpc) is 3.04. The number of nitrogens with zero attached hydrogens (tertiary/aromatic N) is 4. The van der Waals surface area contributed by atoms with Gasteiger partial charge in [0, 0.05) is 48.1 Å². The zero-order valence-electron chi connectivity index (χ0n) is 16.8. The van der Waals surface area contributed by atoms with Gasteiger partial charge in [-0.15, -0.1) is 0 Å². The molecule has 0 bridgehead atoms. The minimum Gasteiger partial charge on any atom is -0.367 e. The maximum Gasteiger partial charge on any atom is 0.244 e. The first-order chi connectivity index (χ1) is 14.0. The fourth-order valence-electron chi connectivity index (χ4n) is 3.91. The van der Waals surface area contributed by atoms with Crippen LogP contribution in [0.3, 0.4) is 0 Å². The molecule has 0 saturated carbocycles. The highest BCUT2D eigenvalue weighted by Crippen LogP contribution is 2.32. The first-order valence-corrected chi connectivity index (χ1v) is 10.3. The molecule has 5 nitrogen and oxygen atoms in total. The monoisotopic (exact) mass is 408 g/mol. The van der Waals surface area contributed by atoms with Crippen LogP contribution in [0.5, 0.6) is 0 Å². The summed E-state index contributed by atoms with van der Waals surface area (Å²) in [5.74, 6) is 0.124. The quantitative estimate of drug-likeness (QED) is 0.650. The van der Waals surface area contributed by atoms with Crippen molar-refractivity contribution in [3.8, 4) is 11.1 Å². The highest BCUT2D eigenvalue weighted by molar-refractivity contribution is 6.30. The maximum absolute atomic E-state index is 12.7. The number of piperazine rings is 1. The summed E-state index contributed by atoms with van der Waals surface area (Å²) in [6.07, 6.45) is 0. The van der Waals surface area contributed by atoms with Crippen molar-refractivity contribution >= 4 is 23.2 Å². The molecule has 2 aromatic carbocycles. The molecule has 3 aromatic rings. The molecule has 1 saturated heterocycles. The predicted molar refractivity (Wildman–Crippen MR) is 117 cm³/mol. The lowest BCUT2D eigenvalue weighted by molar-refractivity contribution is -0.132. The number of hydrogen-bond donors (Lipinski definition) is 0. The van der Waals surface area contributed by atoms with Crippen LogP contribution in [0.25, 0.3) is 11.1 Å². The smallest absolute Gasteiger partial charge is 0.244 e. The number of carbonyl (C=O) groups excluding carboxylic acids is 1.